The van der Waals surface area contributed by atoms with Crippen LogP contribution in [-0.2, 0) is 0 Å². The number of amides is 1. The second-order valence-electron chi connectivity index (χ2n) is 5.55. The fraction of sp³-hybridized carbons (Fsp3) is 0.400. The Morgan fingerprint density at radius 3 is 2.74 bits per heavy atom. The van der Waals surface area contributed by atoms with E-state index in [4.69, 9.17) is 4.52 Å². The van der Waals surface area contributed by atoms with Crippen LogP contribution >= 0.6 is 0 Å². The van der Waals surface area contributed by atoms with E-state index in [2.05, 4.69) is 15.5 Å². The molecule has 5 nitrogen and oxygen atoms in total. The molecule has 1 aliphatic rings. The van der Waals surface area contributed by atoms with E-state index in [-0.39, 0.29) is 18.9 Å². The van der Waals surface area contributed by atoms with Gasteiger partial charge in [-0.25, -0.2) is 0 Å². The van der Waals surface area contributed by atoms with Gasteiger partial charge in [0, 0.05) is 6.54 Å². The van der Waals surface area contributed by atoms with Crippen LogP contribution in [0.3, 0.4) is 0 Å². The predicted molar refractivity (Wildman–Crippen MR) is 74.5 cm³/mol. The third-order valence-electron chi connectivity index (χ3n) is 3.80. The first-order valence-electron chi connectivity index (χ1n) is 7.11. The lowest BCUT2D eigenvalue weighted by Gasteiger charge is -2.08. The summed E-state index contributed by atoms with van der Waals surface area (Å²) in [5.41, 5.74) is 0.745. The summed E-state index contributed by atoms with van der Waals surface area (Å²) < 4.78 is 42.5. The Kier molecular flexibility index (Phi) is 3.83. The molecular weight excluding hydrogens is 311 g/mol. The molecule has 3 rings (SSSR count). The summed E-state index contributed by atoms with van der Waals surface area (Å²) in [5.74, 6) is -1.67. The van der Waals surface area contributed by atoms with Crippen molar-refractivity contribution in [3.8, 4) is 11.5 Å². The Bertz CT molecular complexity index is 727. The monoisotopic (exact) mass is 325 g/mol. The Labute approximate surface area is 129 Å². The average molecular weight is 325 g/mol. The van der Waals surface area contributed by atoms with Crippen LogP contribution in [0.25, 0.3) is 11.5 Å². The van der Waals surface area contributed by atoms with Gasteiger partial charge in [-0.3, -0.25) is 4.79 Å². The number of rotatable bonds is 4. The van der Waals surface area contributed by atoms with E-state index >= 15 is 0 Å². The van der Waals surface area contributed by atoms with Crippen molar-refractivity contribution in [1.82, 2.24) is 15.5 Å². The summed E-state index contributed by atoms with van der Waals surface area (Å²) in [5, 5.41) is 6.22. The number of halogens is 3. The molecule has 0 saturated heterocycles. The summed E-state index contributed by atoms with van der Waals surface area (Å²) in [6, 6.07) is 6.60. The molecule has 2 atom stereocenters. The molecule has 2 aromatic rings. The van der Waals surface area contributed by atoms with Crippen LogP contribution in [0.5, 0.6) is 0 Å². The number of aryl methyl sites for hydroxylation is 1. The van der Waals surface area contributed by atoms with Crippen LogP contribution in [0.2, 0.25) is 0 Å². The highest BCUT2D eigenvalue weighted by Gasteiger charge is 2.55. The highest BCUT2D eigenvalue weighted by atomic mass is 19.4. The largest absolute Gasteiger partial charge is 0.392 e. The lowest BCUT2D eigenvalue weighted by Crippen LogP contribution is -2.27. The zero-order chi connectivity index (χ0) is 16.6. The molecule has 0 bridgehead atoms. The molecule has 0 spiro atoms. The second kappa shape index (κ2) is 5.68. The molecule has 122 valence electrons. The molecule has 1 fully saturated rings. The molecule has 1 amide bonds. The zero-order valence-electron chi connectivity index (χ0n) is 12.2. The lowest BCUT2D eigenvalue weighted by molar-refractivity contribution is -0.150. The fourth-order valence-corrected chi connectivity index (χ4v) is 2.47. The maximum Gasteiger partial charge on any atom is 0.392 e. The standard InChI is InChI=1S/C15H14F3N3O2/c1-8-20-14(23-21-8)11-5-3-2-4-10(11)13(22)19-7-9-6-12(9)15(16,17)18/h2-5,9,12H,6-7H2,1H3,(H,19,22)/t9-,12+/m0/s1. The van der Waals surface area contributed by atoms with Crippen molar-refractivity contribution < 1.29 is 22.5 Å². The Morgan fingerprint density at radius 2 is 2.13 bits per heavy atom. The lowest BCUT2D eigenvalue weighted by atomic mass is 10.1. The molecule has 0 aliphatic heterocycles. The van der Waals surface area contributed by atoms with Gasteiger partial charge in [-0.15, -0.1) is 0 Å². The number of benzene rings is 1. The Morgan fingerprint density at radius 1 is 1.39 bits per heavy atom. The summed E-state index contributed by atoms with van der Waals surface area (Å²) >= 11 is 0. The molecule has 23 heavy (non-hydrogen) atoms. The summed E-state index contributed by atoms with van der Waals surface area (Å²) in [4.78, 5) is 16.3. The molecule has 1 heterocycles. The van der Waals surface area contributed by atoms with Crippen LogP contribution in [0.4, 0.5) is 13.2 Å². The minimum absolute atomic E-state index is 0.000204. The van der Waals surface area contributed by atoms with E-state index in [1.807, 2.05) is 0 Å². The molecule has 1 aliphatic carbocycles. The van der Waals surface area contributed by atoms with Crippen molar-refractivity contribution >= 4 is 5.91 Å². The molecule has 1 N–H and O–H groups in total. The quantitative estimate of drug-likeness (QED) is 0.938. The van der Waals surface area contributed by atoms with Crippen LogP contribution in [-0.4, -0.2) is 28.8 Å². The zero-order valence-corrected chi connectivity index (χ0v) is 12.2. The normalized spacial score (nSPS) is 20.3. The predicted octanol–water partition coefficient (Wildman–Crippen LogP) is 2.97. The number of carbonyl (C=O) groups is 1. The third kappa shape index (κ3) is 3.35. The van der Waals surface area contributed by atoms with Gasteiger partial charge in [0.05, 0.1) is 17.0 Å². The topological polar surface area (TPSA) is 68.0 Å². The highest BCUT2D eigenvalue weighted by Crippen LogP contribution is 2.49. The van der Waals surface area contributed by atoms with Gasteiger partial charge < -0.3 is 9.84 Å². The third-order valence-corrected chi connectivity index (χ3v) is 3.80. The molecule has 0 unspecified atom stereocenters. The summed E-state index contributed by atoms with van der Waals surface area (Å²) in [6.45, 7) is 1.65. The first-order chi connectivity index (χ1) is 10.9. The number of alkyl halides is 3. The van der Waals surface area contributed by atoms with Crippen LogP contribution in [0.1, 0.15) is 22.6 Å². The number of hydrogen-bond donors (Lipinski definition) is 1. The Hall–Kier alpha value is -2.38. The number of nitrogens with one attached hydrogen (secondary N) is 1. The van der Waals surface area contributed by atoms with Crippen molar-refractivity contribution in [3.63, 3.8) is 0 Å². The van der Waals surface area contributed by atoms with Crippen molar-refractivity contribution in [2.75, 3.05) is 6.54 Å². The second-order valence-corrected chi connectivity index (χ2v) is 5.55. The summed E-state index contributed by atoms with van der Waals surface area (Å²) in [6.07, 6.45) is -4.12. The molecule has 1 saturated carbocycles. The van der Waals surface area contributed by atoms with Gasteiger partial charge in [-0.2, -0.15) is 18.2 Å². The van der Waals surface area contributed by atoms with Gasteiger partial charge in [0.15, 0.2) is 5.82 Å². The molecule has 1 aromatic carbocycles. The molecule has 8 heteroatoms. The highest BCUT2D eigenvalue weighted by molar-refractivity contribution is 5.99. The maximum absolute atomic E-state index is 12.5. The van der Waals surface area contributed by atoms with E-state index in [1.165, 1.54) is 0 Å². The number of nitrogens with zero attached hydrogens (tertiary/aromatic N) is 2. The number of hydrogen-bond acceptors (Lipinski definition) is 4. The van der Waals surface area contributed by atoms with Crippen molar-refractivity contribution in [1.29, 1.82) is 0 Å². The van der Waals surface area contributed by atoms with E-state index in [1.54, 1.807) is 31.2 Å². The SMILES string of the molecule is Cc1noc(-c2ccccc2C(=O)NC[C@@H]2C[C@H]2C(F)(F)F)n1. The first-order valence-corrected chi connectivity index (χ1v) is 7.11. The van der Waals surface area contributed by atoms with Crippen LogP contribution in [0.15, 0.2) is 28.8 Å². The van der Waals surface area contributed by atoms with Crippen molar-refractivity contribution in [3.05, 3.63) is 35.7 Å². The minimum atomic E-state index is -4.19. The summed E-state index contributed by atoms with van der Waals surface area (Å²) in [7, 11) is 0. The van der Waals surface area contributed by atoms with Gasteiger partial charge in [0.25, 0.3) is 11.8 Å². The van der Waals surface area contributed by atoms with E-state index in [9.17, 15) is 18.0 Å². The van der Waals surface area contributed by atoms with E-state index in [0.29, 0.717) is 17.0 Å². The van der Waals surface area contributed by atoms with Crippen LogP contribution in [0, 0.1) is 18.8 Å². The van der Waals surface area contributed by atoms with Crippen molar-refractivity contribution in [2.24, 2.45) is 11.8 Å². The van der Waals surface area contributed by atoms with E-state index in [0.717, 1.165) is 0 Å². The molecule has 0 radical (unpaired) electrons. The van der Waals surface area contributed by atoms with Gasteiger partial charge in [-0.1, -0.05) is 17.3 Å². The first kappa shape index (κ1) is 15.5. The van der Waals surface area contributed by atoms with Gasteiger partial charge in [0.2, 0.25) is 0 Å². The molecule has 1 aromatic heterocycles. The minimum Gasteiger partial charge on any atom is -0.352 e. The number of aromatic nitrogens is 2. The van der Waals surface area contributed by atoms with Gasteiger partial charge in [0.1, 0.15) is 0 Å². The smallest absolute Gasteiger partial charge is 0.352 e. The molecular formula is C15H14F3N3O2. The number of carbonyl (C=O) groups excluding carboxylic acids is 1. The fourth-order valence-electron chi connectivity index (χ4n) is 2.47. The van der Waals surface area contributed by atoms with Crippen LogP contribution < -0.4 is 5.32 Å². The van der Waals surface area contributed by atoms with Gasteiger partial charge in [-0.05, 0) is 31.4 Å². The van der Waals surface area contributed by atoms with Gasteiger partial charge >= 0.3 is 6.18 Å². The van der Waals surface area contributed by atoms with Crippen molar-refractivity contribution in [2.45, 2.75) is 19.5 Å². The van der Waals surface area contributed by atoms with E-state index < -0.39 is 23.9 Å². The average Bonchev–Trinajstić information content (AvgIpc) is 3.18. The maximum atomic E-state index is 12.5. The Balaban J connectivity index is 1.69.